The zero-order valence-corrected chi connectivity index (χ0v) is 18.3. The van der Waals surface area contributed by atoms with E-state index in [0.29, 0.717) is 6.04 Å². The van der Waals surface area contributed by atoms with Gasteiger partial charge in [-0.25, -0.2) is 9.97 Å². The van der Waals surface area contributed by atoms with Crippen molar-refractivity contribution in [3.05, 3.63) is 12.5 Å². The fourth-order valence-corrected chi connectivity index (χ4v) is 4.90. The molecule has 1 atom stereocenters. The molecular weight excluding hydrogens is 380 g/mol. The van der Waals surface area contributed by atoms with Crippen molar-refractivity contribution < 1.29 is 9.53 Å². The Hall–Kier alpha value is -1.93. The van der Waals surface area contributed by atoms with E-state index >= 15 is 0 Å². The Balaban J connectivity index is 1.25. The first-order valence-electron chi connectivity index (χ1n) is 11.6. The summed E-state index contributed by atoms with van der Waals surface area (Å²) in [4.78, 5) is 28.6. The van der Waals surface area contributed by atoms with E-state index in [1.54, 1.807) is 6.33 Å². The molecule has 0 aromatic carbocycles. The number of nitrogens with zero attached hydrogens (tertiary/aromatic N) is 5. The predicted molar refractivity (Wildman–Crippen MR) is 118 cm³/mol. The van der Waals surface area contributed by atoms with Crippen LogP contribution in [0.25, 0.3) is 0 Å². The Labute approximate surface area is 180 Å². The fraction of sp³-hybridized carbons (Fsp3) is 0.773. The molecule has 3 fully saturated rings. The minimum Gasteiger partial charge on any atom is -0.378 e. The van der Waals surface area contributed by atoms with Crippen LogP contribution in [-0.4, -0.2) is 85.8 Å². The van der Waals surface area contributed by atoms with Gasteiger partial charge in [0.15, 0.2) is 5.82 Å². The number of likely N-dealkylation sites (tertiary alicyclic amines) is 1. The van der Waals surface area contributed by atoms with E-state index < -0.39 is 0 Å². The molecule has 8 nitrogen and oxygen atoms in total. The van der Waals surface area contributed by atoms with E-state index in [9.17, 15) is 4.79 Å². The van der Waals surface area contributed by atoms with Crippen molar-refractivity contribution >= 4 is 17.4 Å². The van der Waals surface area contributed by atoms with Gasteiger partial charge in [-0.1, -0.05) is 6.42 Å². The average Bonchev–Trinajstić information content (AvgIpc) is 2.81. The van der Waals surface area contributed by atoms with Crippen molar-refractivity contribution in [3.8, 4) is 0 Å². The normalized spacial score (nSPS) is 24.1. The molecule has 4 rings (SSSR count). The van der Waals surface area contributed by atoms with Gasteiger partial charge >= 0.3 is 0 Å². The molecule has 0 radical (unpaired) electrons. The highest BCUT2D eigenvalue weighted by atomic mass is 16.5. The summed E-state index contributed by atoms with van der Waals surface area (Å²) in [6.07, 6.45) is 9.19. The molecular formula is C22H36N6O2. The summed E-state index contributed by atoms with van der Waals surface area (Å²) in [5.41, 5.74) is 1.08. The highest BCUT2D eigenvalue weighted by Gasteiger charge is 2.28. The number of carbonyl (C=O) groups excluding carboxylic acids is 1. The number of morpholine rings is 1. The molecule has 1 amide bonds. The molecule has 1 N–H and O–H groups in total. The number of amides is 1. The second kappa shape index (κ2) is 10.4. The summed E-state index contributed by atoms with van der Waals surface area (Å²) in [6.45, 7) is 10.1. The summed E-state index contributed by atoms with van der Waals surface area (Å²) in [5, 5.41) is 3.19. The lowest BCUT2D eigenvalue weighted by Crippen LogP contribution is -2.45. The molecule has 4 heterocycles. The van der Waals surface area contributed by atoms with Gasteiger partial charge in [0.25, 0.3) is 0 Å². The first-order chi connectivity index (χ1) is 14.7. The van der Waals surface area contributed by atoms with Crippen molar-refractivity contribution in [2.45, 2.75) is 45.1 Å². The average molecular weight is 417 g/mol. The fourth-order valence-electron chi connectivity index (χ4n) is 4.90. The van der Waals surface area contributed by atoms with Crippen molar-refractivity contribution in [1.29, 1.82) is 0 Å². The number of rotatable bonds is 6. The standard InChI is InChI=1S/C22H36N6O2/c1-18-4-2-3-8-26(18)11-7-24-22(29)19-5-9-27(10-6-19)20-16-23-17-25-21(20)28-12-14-30-15-13-28/h16-19H,2-15H2,1H3,(H,24,29)/t18-/m0/s1. The largest absolute Gasteiger partial charge is 0.378 e. The second-order valence-electron chi connectivity index (χ2n) is 8.76. The van der Waals surface area contributed by atoms with Gasteiger partial charge in [-0.3, -0.25) is 9.69 Å². The first kappa shape index (κ1) is 21.3. The molecule has 3 saturated heterocycles. The molecule has 1 aromatic heterocycles. The first-order valence-corrected chi connectivity index (χ1v) is 11.6. The zero-order chi connectivity index (χ0) is 20.8. The summed E-state index contributed by atoms with van der Waals surface area (Å²) in [5.74, 6) is 1.32. The summed E-state index contributed by atoms with van der Waals surface area (Å²) < 4.78 is 5.48. The van der Waals surface area contributed by atoms with E-state index in [1.165, 1.54) is 25.8 Å². The van der Waals surface area contributed by atoms with Crippen LogP contribution < -0.4 is 15.1 Å². The highest BCUT2D eigenvalue weighted by Crippen LogP contribution is 2.30. The molecule has 0 aliphatic carbocycles. The Kier molecular flexibility index (Phi) is 7.38. The Bertz CT molecular complexity index is 688. The molecule has 3 aliphatic heterocycles. The molecule has 1 aromatic rings. The minimum atomic E-state index is 0.108. The Morgan fingerprint density at radius 2 is 1.90 bits per heavy atom. The van der Waals surface area contributed by atoms with E-state index in [4.69, 9.17) is 4.74 Å². The second-order valence-corrected chi connectivity index (χ2v) is 8.76. The smallest absolute Gasteiger partial charge is 0.223 e. The molecule has 0 unspecified atom stereocenters. The van der Waals surface area contributed by atoms with Crippen LogP contribution in [0.15, 0.2) is 12.5 Å². The Morgan fingerprint density at radius 1 is 1.10 bits per heavy atom. The van der Waals surface area contributed by atoms with Gasteiger partial charge < -0.3 is 19.9 Å². The van der Waals surface area contributed by atoms with Gasteiger partial charge in [-0.2, -0.15) is 0 Å². The zero-order valence-electron chi connectivity index (χ0n) is 18.3. The lowest BCUT2D eigenvalue weighted by Gasteiger charge is -2.36. The number of carbonyl (C=O) groups is 1. The third kappa shape index (κ3) is 5.21. The van der Waals surface area contributed by atoms with Gasteiger partial charge in [0.1, 0.15) is 6.33 Å². The molecule has 30 heavy (non-hydrogen) atoms. The number of hydrogen-bond donors (Lipinski definition) is 1. The number of aromatic nitrogens is 2. The van der Waals surface area contributed by atoms with Crippen LogP contribution in [0.1, 0.15) is 39.0 Å². The van der Waals surface area contributed by atoms with Crippen LogP contribution >= 0.6 is 0 Å². The van der Waals surface area contributed by atoms with Gasteiger partial charge in [-0.15, -0.1) is 0 Å². The van der Waals surface area contributed by atoms with E-state index in [2.05, 4.69) is 36.9 Å². The number of hydrogen-bond acceptors (Lipinski definition) is 7. The van der Waals surface area contributed by atoms with Crippen LogP contribution in [0.5, 0.6) is 0 Å². The number of piperidine rings is 2. The number of anilines is 2. The van der Waals surface area contributed by atoms with Crippen molar-refractivity contribution in [2.24, 2.45) is 5.92 Å². The quantitative estimate of drug-likeness (QED) is 0.754. The maximum absolute atomic E-state index is 12.7. The molecule has 0 saturated carbocycles. The van der Waals surface area contributed by atoms with Gasteiger partial charge in [0, 0.05) is 51.2 Å². The van der Waals surface area contributed by atoms with E-state index in [1.807, 2.05) is 6.20 Å². The third-order valence-corrected chi connectivity index (χ3v) is 6.83. The number of ether oxygens (including phenoxy) is 1. The topological polar surface area (TPSA) is 73.8 Å². The molecule has 3 aliphatic rings. The minimum absolute atomic E-state index is 0.108. The molecule has 0 bridgehead atoms. The molecule has 0 spiro atoms. The van der Waals surface area contributed by atoms with Gasteiger partial charge in [0.2, 0.25) is 5.91 Å². The SMILES string of the molecule is C[C@H]1CCCCN1CCNC(=O)C1CCN(c2cncnc2N2CCOCC2)CC1. The lowest BCUT2D eigenvalue weighted by atomic mass is 9.95. The van der Waals surface area contributed by atoms with Crippen molar-refractivity contribution in [3.63, 3.8) is 0 Å². The molecule has 166 valence electrons. The maximum atomic E-state index is 12.7. The maximum Gasteiger partial charge on any atom is 0.223 e. The Morgan fingerprint density at radius 3 is 2.67 bits per heavy atom. The lowest BCUT2D eigenvalue weighted by molar-refractivity contribution is -0.125. The van der Waals surface area contributed by atoms with Gasteiger partial charge in [0.05, 0.1) is 25.1 Å². The van der Waals surface area contributed by atoms with Crippen LogP contribution in [0.4, 0.5) is 11.5 Å². The van der Waals surface area contributed by atoms with Gasteiger partial charge in [-0.05, 0) is 39.2 Å². The van der Waals surface area contributed by atoms with Crippen LogP contribution in [-0.2, 0) is 9.53 Å². The third-order valence-electron chi connectivity index (χ3n) is 6.83. The van der Waals surface area contributed by atoms with Crippen molar-refractivity contribution in [2.75, 3.05) is 68.8 Å². The van der Waals surface area contributed by atoms with Crippen LogP contribution in [0.3, 0.4) is 0 Å². The van der Waals surface area contributed by atoms with Crippen LogP contribution in [0, 0.1) is 5.92 Å². The number of nitrogens with one attached hydrogen (secondary N) is 1. The van der Waals surface area contributed by atoms with Crippen LogP contribution in [0.2, 0.25) is 0 Å². The summed E-state index contributed by atoms with van der Waals surface area (Å²) >= 11 is 0. The highest BCUT2D eigenvalue weighted by molar-refractivity contribution is 5.79. The summed E-state index contributed by atoms with van der Waals surface area (Å²) in [7, 11) is 0. The monoisotopic (exact) mass is 416 g/mol. The molecule has 8 heteroatoms. The predicted octanol–water partition coefficient (Wildman–Crippen LogP) is 1.52. The van der Waals surface area contributed by atoms with E-state index in [0.717, 1.165) is 76.8 Å². The summed E-state index contributed by atoms with van der Waals surface area (Å²) in [6, 6.07) is 0.646. The van der Waals surface area contributed by atoms with Crippen molar-refractivity contribution in [1.82, 2.24) is 20.2 Å². The van der Waals surface area contributed by atoms with E-state index in [-0.39, 0.29) is 11.8 Å².